The van der Waals surface area contributed by atoms with Gasteiger partial charge in [0.1, 0.15) is 18.0 Å². The number of benzene rings is 2. The van der Waals surface area contributed by atoms with Crippen LogP contribution < -0.4 is 0 Å². The van der Waals surface area contributed by atoms with Crippen LogP contribution in [0.2, 0.25) is 0 Å². The zero-order chi connectivity index (χ0) is 19.7. The summed E-state index contributed by atoms with van der Waals surface area (Å²) >= 11 is 0. The summed E-state index contributed by atoms with van der Waals surface area (Å²) in [5, 5.41) is 8.51. The van der Waals surface area contributed by atoms with E-state index in [1.54, 1.807) is 6.07 Å². The average molecular weight is 386 g/mol. The maximum atomic E-state index is 12.8. The molecule has 0 bridgehead atoms. The number of fused-ring (bicyclic) bond motifs is 1. The Labute approximate surface area is 156 Å². The first kappa shape index (κ1) is 17.8. The summed E-state index contributed by atoms with van der Waals surface area (Å²) < 4.78 is 44.9. The number of esters is 1. The molecule has 1 N–H and O–H groups in total. The normalized spacial score (nSPS) is 11.7. The number of halogens is 3. The minimum Gasteiger partial charge on any atom is -0.454 e. The van der Waals surface area contributed by atoms with Crippen molar-refractivity contribution in [3.8, 4) is 5.69 Å². The predicted octanol–water partition coefficient (Wildman–Crippen LogP) is 4.12. The van der Waals surface area contributed by atoms with Crippen LogP contribution in [0, 0.1) is 0 Å². The molecule has 0 radical (unpaired) electrons. The van der Waals surface area contributed by atoms with Crippen molar-refractivity contribution in [2.24, 2.45) is 0 Å². The SMILES string of the molecule is O=C(OCc1cn(-c2cccc(C(F)(F)F)c2)nn1)c1cc2ccccc2[nH]1. The number of rotatable bonds is 4. The van der Waals surface area contributed by atoms with Crippen molar-refractivity contribution < 1.29 is 22.7 Å². The highest BCUT2D eigenvalue weighted by Crippen LogP contribution is 2.30. The predicted molar refractivity (Wildman–Crippen MR) is 93.8 cm³/mol. The van der Waals surface area contributed by atoms with Gasteiger partial charge in [-0.1, -0.05) is 29.5 Å². The van der Waals surface area contributed by atoms with Crippen LogP contribution in [0.4, 0.5) is 13.2 Å². The molecule has 4 aromatic rings. The second-order valence-corrected chi connectivity index (χ2v) is 6.05. The molecule has 0 amide bonds. The Bertz CT molecular complexity index is 1110. The smallest absolute Gasteiger partial charge is 0.416 e. The van der Waals surface area contributed by atoms with Crippen molar-refractivity contribution in [2.45, 2.75) is 12.8 Å². The van der Waals surface area contributed by atoms with Crippen LogP contribution in [-0.4, -0.2) is 25.9 Å². The van der Waals surface area contributed by atoms with Gasteiger partial charge in [0, 0.05) is 10.9 Å². The number of carbonyl (C=O) groups excluding carboxylic acids is 1. The van der Waals surface area contributed by atoms with Gasteiger partial charge < -0.3 is 9.72 Å². The molecule has 0 aliphatic heterocycles. The maximum Gasteiger partial charge on any atom is 0.416 e. The summed E-state index contributed by atoms with van der Waals surface area (Å²) in [5.74, 6) is -0.565. The van der Waals surface area contributed by atoms with E-state index in [9.17, 15) is 18.0 Å². The number of hydrogen-bond acceptors (Lipinski definition) is 4. The fraction of sp³-hybridized carbons (Fsp3) is 0.105. The van der Waals surface area contributed by atoms with E-state index in [1.807, 2.05) is 24.3 Å². The van der Waals surface area contributed by atoms with E-state index in [1.165, 1.54) is 23.0 Å². The molecule has 0 fully saturated rings. The topological polar surface area (TPSA) is 72.8 Å². The first-order valence-electron chi connectivity index (χ1n) is 8.24. The van der Waals surface area contributed by atoms with Crippen molar-refractivity contribution in [3.05, 3.63) is 77.7 Å². The van der Waals surface area contributed by atoms with E-state index in [0.717, 1.165) is 23.0 Å². The fourth-order valence-corrected chi connectivity index (χ4v) is 2.72. The standard InChI is InChI=1S/C19H13F3N4O2/c20-19(21,22)13-5-3-6-15(9-13)26-10-14(24-25-26)11-28-18(27)17-8-12-4-1-2-7-16(12)23-17/h1-10,23H,11H2. The third kappa shape index (κ3) is 3.59. The molecule has 0 aliphatic carbocycles. The number of ether oxygens (including phenoxy) is 1. The lowest BCUT2D eigenvalue weighted by atomic mass is 10.2. The fourth-order valence-electron chi connectivity index (χ4n) is 2.72. The molecule has 0 aliphatic rings. The first-order valence-corrected chi connectivity index (χ1v) is 8.24. The third-order valence-corrected chi connectivity index (χ3v) is 4.08. The van der Waals surface area contributed by atoms with E-state index in [-0.39, 0.29) is 12.3 Å². The van der Waals surface area contributed by atoms with Crippen LogP contribution in [0.5, 0.6) is 0 Å². The highest BCUT2D eigenvalue weighted by molar-refractivity contribution is 5.94. The second-order valence-electron chi connectivity index (χ2n) is 6.05. The number of aromatic amines is 1. The highest BCUT2D eigenvalue weighted by Gasteiger charge is 2.30. The molecule has 6 nitrogen and oxygen atoms in total. The van der Waals surface area contributed by atoms with Gasteiger partial charge in [-0.25, -0.2) is 9.48 Å². The minimum absolute atomic E-state index is 0.160. The number of aromatic nitrogens is 4. The number of para-hydroxylation sites is 1. The molecule has 0 saturated carbocycles. The number of H-pyrrole nitrogens is 1. The Morgan fingerprint density at radius 1 is 1.11 bits per heavy atom. The highest BCUT2D eigenvalue weighted by atomic mass is 19.4. The van der Waals surface area contributed by atoms with Gasteiger partial charge in [-0.05, 0) is 30.3 Å². The van der Waals surface area contributed by atoms with E-state index in [2.05, 4.69) is 15.3 Å². The molecule has 0 unspecified atom stereocenters. The summed E-state index contributed by atoms with van der Waals surface area (Å²) in [6.07, 6.45) is -3.04. The summed E-state index contributed by atoms with van der Waals surface area (Å²) in [6, 6.07) is 13.8. The zero-order valence-electron chi connectivity index (χ0n) is 14.3. The second kappa shape index (κ2) is 6.84. The quantitative estimate of drug-likeness (QED) is 0.536. The number of carbonyl (C=O) groups is 1. The van der Waals surface area contributed by atoms with Crippen LogP contribution in [0.3, 0.4) is 0 Å². The lowest BCUT2D eigenvalue weighted by Gasteiger charge is -2.08. The Morgan fingerprint density at radius 3 is 2.71 bits per heavy atom. The molecule has 2 heterocycles. The van der Waals surface area contributed by atoms with Crippen molar-refractivity contribution in [2.75, 3.05) is 0 Å². The molecule has 0 saturated heterocycles. The van der Waals surface area contributed by atoms with Gasteiger partial charge in [0.15, 0.2) is 0 Å². The van der Waals surface area contributed by atoms with E-state index in [0.29, 0.717) is 11.4 Å². The summed E-state index contributed by atoms with van der Waals surface area (Å²) in [6.45, 7) is -0.160. The van der Waals surface area contributed by atoms with Gasteiger partial charge in [-0.15, -0.1) is 5.10 Å². The molecular weight excluding hydrogens is 373 g/mol. The largest absolute Gasteiger partial charge is 0.454 e. The summed E-state index contributed by atoms with van der Waals surface area (Å²) in [7, 11) is 0. The molecule has 4 rings (SSSR count). The van der Waals surface area contributed by atoms with Crippen LogP contribution >= 0.6 is 0 Å². The Hall–Kier alpha value is -3.62. The third-order valence-electron chi connectivity index (χ3n) is 4.08. The molecular formula is C19H13F3N4O2. The van der Waals surface area contributed by atoms with E-state index >= 15 is 0 Å². The van der Waals surface area contributed by atoms with Gasteiger partial charge in [-0.3, -0.25) is 0 Å². The van der Waals surface area contributed by atoms with E-state index < -0.39 is 17.7 Å². The summed E-state index contributed by atoms with van der Waals surface area (Å²) in [4.78, 5) is 15.1. The number of hydrogen-bond donors (Lipinski definition) is 1. The number of nitrogens with zero attached hydrogens (tertiary/aromatic N) is 3. The molecule has 2 aromatic carbocycles. The maximum absolute atomic E-state index is 12.8. The minimum atomic E-state index is -4.45. The van der Waals surface area contributed by atoms with Crippen LogP contribution in [-0.2, 0) is 17.5 Å². The zero-order valence-corrected chi connectivity index (χ0v) is 14.3. The Kier molecular flexibility index (Phi) is 4.34. The van der Waals surface area contributed by atoms with Crippen LogP contribution in [0.25, 0.3) is 16.6 Å². The lowest BCUT2D eigenvalue weighted by Crippen LogP contribution is -2.06. The van der Waals surface area contributed by atoms with Gasteiger partial charge >= 0.3 is 12.1 Å². The summed E-state index contributed by atoms with van der Waals surface area (Å²) in [5.41, 5.74) is 0.834. The number of nitrogens with one attached hydrogen (secondary N) is 1. The van der Waals surface area contributed by atoms with Crippen molar-refractivity contribution in [3.63, 3.8) is 0 Å². The van der Waals surface area contributed by atoms with Gasteiger partial charge in [0.25, 0.3) is 0 Å². The van der Waals surface area contributed by atoms with Gasteiger partial charge in [0.05, 0.1) is 17.4 Å². The molecule has 9 heteroatoms. The molecule has 0 spiro atoms. The molecule has 142 valence electrons. The monoisotopic (exact) mass is 386 g/mol. The van der Waals surface area contributed by atoms with Crippen LogP contribution in [0.15, 0.2) is 60.8 Å². The Balaban J connectivity index is 1.46. The molecule has 28 heavy (non-hydrogen) atoms. The van der Waals surface area contributed by atoms with Crippen molar-refractivity contribution >= 4 is 16.9 Å². The molecule has 0 atom stereocenters. The number of alkyl halides is 3. The Morgan fingerprint density at radius 2 is 1.93 bits per heavy atom. The van der Waals surface area contributed by atoms with Crippen molar-refractivity contribution in [1.29, 1.82) is 0 Å². The van der Waals surface area contributed by atoms with Crippen molar-refractivity contribution in [1.82, 2.24) is 20.0 Å². The van der Waals surface area contributed by atoms with Crippen LogP contribution in [0.1, 0.15) is 21.7 Å². The van der Waals surface area contributed by atoms with Gasteiger partial charge in [0.2, 0.25) is 0 Å². The lowest BCUT2D eigenvalue weighted by molar-refractivity contribution is -0.137. The van der Waals surface area contributed by atoms with Gasteiger partial charge in [-0.2, -0.15) is 13.2 Å². The first-order chi connectivity index (χ1) is 13.4. The van der Waals surface area contributed by atoms with E-state index in [4.69, 9.17) is 4.74 Å². The molecule has 2 aromatic heterocycles. The average Bonchev–Trinajstić information content (AvgIpc) is 3.32.